The minimum Gasteiger partial charge on any atom is -0.457 e. The second-order valence-corrected chi connectivity index (χ2v) is 8.68. The highest BCUT2D eigenvalue weighted by Gasteiger charge is 2.35. The lowest BCUT2D eigenvalue weighted by Crippen LogP contribution is -2.27. The molecule has 1 aliphatic rings. The van der Waals surface area contributed by atoms with Crippen molar-refractivity contribution in [1.82, 2.24) is 4.90 Å². The van der Waals surface area contributed by atoms with E-state index in [1.165, 1.54) is 29.2 Å². The summed E-state index contributed by atoms with van der Waals surface area (Å²) in [6.45, 7) is 0.136. The number of furan rings is 1. The molecule has 2 amide bonds. The van der Waals surface area contributed by atoms with Crippen LogP contribution >= 0.6 is 11.8 Å². The molecule has 0 unspecified atom stereocenters. The first-order valence-electron chi connectivity index (χ1n) is 10.3. The summed E-state index contributed by atoms with van der Waals surface area (Å²) in [6, 6.07) is 21.3. The van der Waals surface area contributed by atoms with Crippen molar-refractivity contribution in [3.63, 3.8) is 0 Å². The molecule has 3 aromatic carbocycles. The van der Waals surface area contributed by atoms with Crippen LogP contribution in [-0.2, 0) is 17.5 Å². The first-order chi connectivity index (χ1) is 16.3. The third-order valence-corrected chi connectivity index (χ3v) is 6.36. The number of amides is 2. The molecule has 0 spiro atoms. The van der Waals surface area contributed by atoms with E-state index in [-0.39, 0.29) is 28.5 Å². The van der Waals surface area contributed by atoms with E-state index in [1.54, 1.807) is 6.07 Å². The number of thioether (sulfide) groups is 1. The fraction of sp³-hybridized carbons (Fsp3) is 0.0769. The van der Waals surface area contributed by atoms with Gasteiger partial charge in [-0.2, -0.15) is 13.2 Å². The Labute approximate surface area is 196 Å². The Balaban J connectivity index is 1.38. The molecule has 0 aliphatic carbocycles. The van der Waals surface area contributed by atoms with E-state index in [0.717, 1.165) is 40.2 Å². The molecular formula is C26H16F3NO3S. The van der Waals surface area contributed by atoms with Gasteiger partial charge in [0.2, 0.25) is 0 Å². The SMILES string of the molecule is O=C1S/C(=C/c2ccc(-c3cccc(C(F)(F)F)c3)o2)C(=O)N1Cc1cccc2ccccc12. The van der Waals surface area contributed by atoms with Gasteiger partial charge in [-0.15, -0.1) is 0 Å². The van der Waals surface area contributed by atoms with Gasteiger partial charge in [-0.1, -0.05) is 54.6 Å². The van der Waals surface area contributed by atoms with Crippen LogP contribution in [0.2, 0.25) is 0 Å². The molecule has 0 radical (unpaired) electrons. The lowest BCUT2D eigenvalue weighted by Gasteiger charge is -2.14. The van der Waals surface area contributed by atoms with Crippen LogP contribution in [0.3, 0.4) is 0 Å². The van der Waals surface area contributed by atoms with Crippen LogP contribution in [-0.4, -0.2) is 16.0 Å². The molecule has 0 atom stereocenters. The summed E-state index contributed by atoms with van der Waals surface area (Å²) < 4.78 is 44.7. The molecule has 4 aromatic rings. The number of rotatable bonds is 4. The van der Waals surface area contributed by atoms with Crippen molar-refractivity contribution >= 4 is 39.8 Å². The van der Waals surface area contributed by atoms with Gasteiger partial charge in [0.15, 0.2) is 0 Å². The molecule has 4 nitrogen and oxygen atoms in total. The molecule has 1 aromatic heterocycles. The van der Waals surface area contributed by atoms with Crippen molar-refractivity contribution in [1.29, 1.82) is 0 Å². The predicted molar refractivity (Wildman–Crippen MR) is 125 cm³/mol. The van der Waals surface area contributed by atoms with Crippen molar-refractivity contribution in [2.24, 2.45) is 0 Å². The number of hydrogen-bond acceptors (Lipinski definition) is 4. The molecule has 34 heavy (non-hydrogen) atoms. The van der Waals surface area contributed by atoms with Crippen LogP contribution in [0, 0.1) is 0 Å². The molecule has 1 aliphatic heterocycles. The Morgan fingerprint density at radius 2 is 1.68 bits per heavy atom. The first-order valence-corrected chi connectivity index (χ1v) is 11.1. The van der Waals surface area contributed by atoms with Crippen LogP contribution < -0.4 is 0 Å². The summed E-state index contributed by atoms with van der Waals surface area (Å²) in [5.41, 5.74) is 0.336. The van der Waals surface area contributed by atoms with E-state index in [0.29, 0.717) is 0 Å². The van der Waals surface area contributed by atoms with Crippen molar-refractivity contribution in [2.45, 2.75) is 12.7 Å². The maximum atomic E-state index is 13.0. The van der Waals surface area contributed by atoms with Crippen molar-refractivity contribution in [3.05, 3.63) is 101 Å². The second-order valence-electron chi connectivity index (χ2n) is 7.69. The number of carbonyl (C=O) groups is 2. The zero-order valence-corrected chi connectivity index (χ0v) is 18.3. The number of halogens is 3. The van der Waals surface area contributed by atoms with E-state index in [9.17, 15) is 22.8 Å². The minimum atomic E-state index is -4.46. The average molecular weight is 479 g/mol. The highest BCUT2D eigenvalue weighted by atomic mass is 32.2. The Morgan fingerprint density at radius 1 is 0.912 bits per heavy atom. The fourth-order valence-corrected chi connectivity index (χ4v) is 4.62. The minimum absolute atomic E-state index is 0.136. The van der Waals surface area contributed by atoms with Crippen molar-refractivity contribution < 1.29 is 27.2 Å². The first kappa shape index (κ1) is 22.0. The van der Waals surface area contributed by atoms with Crippen LogP contribution in [0.25, 0.3) is 28.2 Å². The summed E-state index contributed by atoms with van der Waals surface area (Å²) in [7, 11) is 0. The number of carbonyl (C=O) groups excluding carboxylic acids is 2. The molecule has 5 rings (SSSR count). The summed E-state index contributed by atoms with van der Waals surface area (Å²) in [6.07, 6.45) is -3.03. The number of imide groups is 1. The average Bonchev–Trinajstić information content (AvgIpc) is 3.39. The molecular weight excluding hydrogens is 463 g/mol. The van der Waals surface area contributed by atoms with Crippen molar-refractivity contribution in [3.8, 4) is 11.3 Å². The van der Waals surface area contributed by atoms with Crippen LogP contribution in [0.1, 0.15) is 16.9 Å². The van der Waals surface area contributed by atoms with E-state index >= 15 is 0 Å². The summed E-state index contributed by atoms with van der Waals surface area (Å²) in [5.74, 6) is 0.0513. The van der Waals surface area contributed by atoms with E-state index in [2.05, 4.69) is 0 Å². The molecule has 0 N–H and O–H groups in total. The Morgan fingerprint density at radius 3 is 2.50 bits per heavy atom. The van der Waals surface area contributed by atoms with Gasteiger partial charge in [0.05, 0.1) is 17.0 Å². The summed E-state index contributed by atoms with van der Waals surface area (Å²) in [5, 5.41) is 1.58. The highest BCUT2D eigenvalue weighted by molar-refractivity contribution is 8.18. The maximum absolute atomic E-state index is 13.0. The van der Waals surface area contributed by atoms with Gasteiger partial charge < -0.3 is 4.42 Å². The molecule has 170 valence electrons. The monoisotopic (exact) mass is 479 g/mol. The van der Waals surface area contributed by atoms with Gasteiger partial charge in [-0.05, 0) is 52.4 Å². The van der Waals surface area contributed by atoms with E-state index in [1.807, 2.05) is 42.5 Å². The quantitative estimate of drug-likeness (QED) is 0.287. The lowest BCUT2D eigenvalue weighted by molar-refractivity contribution is -0.137. The molecule has 1 fully saturated rings. The second kappa shape index (κ2) is 8.53. The Kier molecular flexibility index (Phi) is 5.53. The number of fused-ring (bicyclic) bond motifs is 1. The zero-order chi connectivity index (χ0) is 23.9. The Bertz CT molecular complexity index is 1450. The molecule has 8 heteroatoms. The molecule has 1 saturated heterocycles. The van der Waals surface area contributed by atoms with E-state index < -0.39 is 22.9 Å². The number of hydrogen-bond donors (Lipinski definition) is 0. The molecule has 0 saturated carbocycles. The third-order valence-electron chi connectivity index (χ3n) is 5.46. The van der Waals surface area contributed by atoms with Gasteiger partial charge in [-0.25, -0.2) is 0 Å². The van der Waals surface area contributed by atoms with Gasteiger partial charge >= 0.3 is 6.18 Å². The zero-order valence-electron chi connectivity index (χ0n) is 17.5. The Hall–Kier alpha value is -3.78. The van der Waals surface area contributed by atoms with Crippen LogP contribution in [0.15, 0.2) is 88.2 Å². The summed E-state index contributed by atoms with van der Waals surface area (Å²) in [4.78, 5) is 26.9. The normalized spacial score (nSPS) is 15.6. The summed E-state index contributed by atoms with van der Waals surface area (Å²) >= 11 is 0.802. The van der Waals surface area contributed by atoms with Gasteiger partial charge in [-0.3, -0.25) is 14.5 Å². The lowest BCUT2D eigenvalue weighted by atomic mass is 10.0. The highest BCUT2D eigenvalue weighted by Crippen LogP contribution is 2.36. The van der Waals surface area contributed by atoms with Gasteiger partial charge in [0, 0.05) is 11.6 Å². The molecule has 0 bridgehead atoms. The predicted octanol–water partition coefficient (Wildman–Crippen LogP) is 7.36. The maximum Gasteiger partial charge on any atom is 0.416 e. The fourth-order valence-electron chi connectivity index (χ4n) is 3.80. The number of alkyl halides is 3. The topological polar surface area (TPSA) is 50.5 Å². The number of benzene rings is 3. The van der Waals surface area contributed by atoms with Gasteiger partial charge in [0.1, 0.15) is 11.5 Å². The largest absolute Gasteiger partial charge is 0.457 e. The van der Waals surface area contributed by atoms with Crippen LogP contribution in [0.5, 0.6) is 0 Å². The van der Waals surface area contributed by atoms with Crippen molar-refractivity contribution in [2.75, 3.05) is 0 Å². The molecule has 2 heterocycles. The third kappa shape index (κ3) is 4.24. The van der Waals surface area contributed by atoms with E-state index in [4.69, 9.17) is 4.42 Å². The van der Waals surface area contributed by atoms with Gasteiger partial charge in [0.25, 0.3) is 11.1 Å². The van der Waals surface area contributed by atoms with Crippen LogP contribution in [0.4, 0.5) is 18.0 Å². The standard InChI is InChI=1S/C26H16F3NO3S/c27-26(28,29)19-9-4-7-17(13-19)22-12-11-20(33-22)14-23-24(31)30(25(32)34-23)15-18-8-3-6-16-5-1-2-10-21(16)18/h1-14H,15H2/b23-14+. The smallest absolute Gasteiger partial charge is 0.416 e. The number of nitrogens with zero attached hydrogens (tertiary/aromatic N) is 1.